The predicted octanol–water partition coefficient (Wildman–Crippen LogP) is 0.819. The normalized spacial score (nSPS) is 12.1. The van der Waals surface area contributed by atoms with E-state index in [0.29, 0.717) is 58.2 Å². The van der Waals surface area contributed by atoms with E-state index < -0.39 is 39.9 Å². The molecule has 1 atom stereocenters. The molecule has 4 amide bonds. The number of hydrogen-bond acceptors (Lipinski definition) is 8. The molecular weight excluding hydrogens is 613 g/mol. The van der Waals surface area contributed by atoms with Crippen molar-refractivity contribution in [3.8, 4) is 0 Å². The Kier molecular flexibility index (Phi) is 31.4. The summed E-state index contributed by atoms with van der Waals surface area (Å²) in [5.41, 5.74) is 0. The van der Waals surface area contributed by atoms with Crippen molar-refractivity contribution >= 4 is 34.0 Å². The summed E-state index contributed by atoms with van der Waals surface area (Å²) in [6.07, 6.45) is 16.0. The van der Waals surface area contributed by atoms with E-state index >= 15 is 0 Å². The van der Waals surface area contributed by atoms with Gasteiger partial charge in [-0.2, -0.15) is 8.42 Å². The van der Waals surface area contributed by atoms with Gasteiger partial charge in [0.15, 0.2) is 0 Å². The van der Waals surface area contributed by atoms with Crippen molar-refractivity contribution in [3.63, 3.8) is 0 Å². The number of hydrogen-bond donors (Lipinski definition) is 5. The SMILES string of the molecule is CCCCCCCCCCCC([O-])=NCCCC[C@H](NC(=O)NCCCCCCNC(=O)NCCS(=O)(=O)O)C(=O)OCC.[Na+]. The second-order valence-electron chi connectivity index (χ2n) is 10.9. The summed E-state index contributed by atoms with van der Waals surface area (Å²) in [6, 6.07) is -1.73. The molecule has 13 nitrogen and oxygen atoms in total. The predicted molar refractivity (Wildman–Crippen MR) is 171 cm³/mol. The molecule has 45 heavy (non-hydrogen) atoms. The number of aliphatic imine (C=N–C) groups is 1. The Morgan fingerprint density at radius 3 is 1.87 bits per heavy atom. The molecule has 0 aliphatic rings. The molecule has 0 aromatic rings. The maximum absolute atomic E-state index is 12.3. The van der Waals surface area contributed by atoms with E-state index in [1.54, 1.807) is 6.92 Å². The van der Waals surface area contributed by atoms with Gasteiger partial charge in [-0.3, -0.25) is 4.55 Å². The number of nitrogens with one attached hydrogen (secondary N) is 4. The van der Waals surface area contributed by atoms with Crippen LogP contribution < -0.4 is 55.9 Å². The summed E-state index contributed by atoms with van der Waals surface area (Å²) in [4.78, 5) is 40.3. The zero-order valence-corrected chi connectivity index (χ0v) is 30.8. The monoisotopic (exact) mass is 671 g/mol. The summed E-state index contributed by atoms with van der Waals surface area (Å²) < 4.78 is 35.0. The van der Waals surface area contributed by atoms with E-state index in [-0.39, 0.29) is 48.6 Å². The van der Waals surface area contributed by atoms with E-state index in [1.807, 2.05) is 0 Å². The van der Waals surface area contributed by atoms with E-state index in [2.05, 4.69) is 33.2 Å². The van der Waals surface area contributed by atoms with Gasteiger partial charge in [-0.1, -0.05) is 71.1 Å². The van der Waals surface area contributed by atoms with Crippen LogP contribution in [0.15, 0.2) is 4.99 Å². The van der Waals surface area contributed by atoms with Gasteiger partial charge in [0.25, 0.3) is 10.1 Å². The summed E-state index contributed by atoms with van der Waals surface area (Å²) in [5.74, 6) is -1.10. The van der Waals surface area contributed by atoms with E-state index in [1.165, 1.54) is 44.9 Å². The first-order valence-electron chi connectivity index (χ1n) is 16.5. The molecule has 0 heterocycles. The Labute approximate surface area is 293 Å². The third-order valence-electron chi connectivity index (χ3n) is 6.88. The van der Waals surface area contributed by atoms with Gasteiger partial charge in [0.1, 0.15) is 6.04 Å². The molecule has 0 rings (SSSR count). The zero-order chi connectivity index (χ0) is 32.9. The minimum Gasteiger partial charge on any atom is -0.862 e. The molecule has 258 valence electrons. The molecule has 0 spiro atoms. The van der Waals surface area contributed by atoms with Crippen LogP contribution in [0.2, 0.25) is 0 Å². The Morgan fingerprint density at radius 2 is 1.29 bits per heavy atom. The summed E-state index contributed by atoms with van der Waals surface area (Å²) in [5, 5.41) is 22.4. The minimum absolute atomic E-state index is 0. The van der Waals surface area contributed by atoms with E-state index in [9.17, 15) is 27.9 Å². The second-order valence-corrected chi connectivity index (χ2v) is 12.5. The van der Waals surface area contributed by atoms with Crippen molar-refractivity contribution in [1.82, 2.24) is 21.3 Å². The Morgan fingerprint density at radius 1 is 0.756 bits per heavy atom. The van der Waals surface area contributed by atoms with Gasteiger partial charge < -0.3 is 36.1 Å². The quantitative estimate of drug-likeness (QED) is 0.0201. The number of amides is 4. The fourth-order valence-corrected chi connectivity index (χ4v) is 4.75. The second kappa shape index (κ2) is 31.0. The first-order valence-corrected chi connectivity index (χ1v) is 18.1. The van der Waals surface area contributed by atoms with Crippen LogP contribution in [0, 0.1) is 0 Å². The third-order valence-corrected chi connectivity index (χ3v) is 7.60. The number of carbonyl (C=O) groups is 3. The van der Waals surface area contributed by atoms with Crippen LogP contribution >= 0.6 is 0 Å². The third kappa shape index (κ3) is 32.1. The number of urea groups is 2. The minimum atomic E-state index is -4.11. The molecule has 0 aliphatic heterocycles. The van der Waals surface area contributed by atoms with Crippen molar-refractivity contribution in [2.24, 2.45) is 4.99 Å². The molecule has 0 aromatic carbocycles. The van der Waals surface area contributed by atoms with Gasteiger partial charge in [-0.05, 0) is 57.8 Å². The number of ether oxygens (including phenoxy) is 1. The molecule has 0 fully saturated rings. The molecule has 0 saturated heterocycles. The zero-order valence-electron chi connectivity index (χ0n) is 28.0. The van der Waals surface area contributed by atoms with Crippen LogP contribution in [-0.4, -0.2) is 81.5 Å². The first-order chi connectivity index (χ1) is 21.1. The van der Waals surface area contributed by atoms with Crippen molar-refractivity contribution in [3.05, 3.63) is 0 Å². The van der Waals surface area contributed by atoms with Gasteiger partial charge in [0.2, 0.25) is 0 Å². The van der Waals surface area contributed by atoms with Crippen LogP contribution in [-0.2, 0) is 19.6 Å². The Bertz CT molecular complexity index is 909. The summed E-state index contributed by atoms with van der Waals surface area (Å²) in [6.45, 7) is 5.20. The largest absolute Gasteiger partial charge is 1.00 e. The smallest absolute Gasteiger partial charge is 0.862 e. The average molecular weight is 672 g/mol. The van der Waals surface area contributed by atoms with E-state index in [4.69, 9.17) is 9.29 Å². The average Bonchev–Trinajstić information content (AvgIpc) is 2.96. The molecular formula is C30H58N5NaO8S. The molecule has 0 aliphatic carbocycles. The Balaban J connectivity index is 0. The molecule has 0 saturated carbocycles. The number of unbranched alkanes of at least 4 members (excludes halogenated alkanes) is 12. The standard InChI is InChI=1S/C30H59N5O8S.Na/c1-3-5-6-7-8-9-10-11-14-20-27(36)31-21-18-15-19-26(28(37)43-4-2)35-30(39)33-23-17-13-12-16-22-32-29(38)34-24-25-44(40,41)42;/h26H,3-25H2,1-2H3,(H,31,36)(H2,32,34,38)(H2,33,35,39)(H,40,41,42);/q;+1/p-1/t26-;/m0./s1. The molecule has 0 unspecified atom stereocenters. The van der Waals surface area contributed by atoms with Gasteiger partial charge >= 0.3 is 47.6 Å². The van der Waals surface area contributed by atoms with Crippen molar-refractivity contribution in [2.75, 3.05) is 38.5 Å². The summed E-state index contributed by atoms with van der Waals surface area (Å²) >= 11 is 0. The van der Waals surface area contributed by atoms with Gasteiger partial charge in [0, 0.05) is 26.2 Å². The number of nitrogens with zero attached hydrogens (tertiary/aromatic N) is 1. The van der Waals surface area contributed by atoms with Crippen LogP contribution in [0.25, 0.3) is 0 Å². The van der Waals surface area contributed by atoms with Gasteiger partial charge in [-0.25, -0.2) is 14.4 Å². The summed E-state index contributed by atoms with van der Waals surface area (Å²) in [7, 11) is -4.11. The molecule has 5 N–H and O–H groups in total. The van der Waals surface area contributed by atoms with Gasteiger partial charge in [0.05, 0.1) is 12.4 Å². The van der Waals surface area contributed by atoms with Crippen molar-refractivity contribution < 1.29 is 66.8 Å². The van der Waals surface area contributed by atoms with Crippen LogP contribution in [0.1, 0.15) is 123 Å². The van der Waals surface area contributed by atoms with E-state index in [0.717, 1.165) is 25.7 Å². The van der Waals surface area contributed by atoms with Crippen molar-refractivity contribution in [1.29, 1.82) is 0 Å². The maximum atomic E-state index is 12.3. The molecule has 0 radical (unpaired) electrons. The number of carbonyl (C=O) groups excluding carboxylic acids is 3. The number of rotatable bonds is 28. The van der Waals surface area contributed by atoms with Crippen molar-refractivity contribution in [2.45, 2.75) is 129 Å². The number of esters is 1. The first kappa shape index (κ1) is 45.5. The maximum Gasteiger partial charge on any atom is 1.00 e. The molecule has 15 heteroatoms. The van der Waals surface area contributed by atoms with Gasteiger partial charge in [-0.15, -0.1) is 0 Å². The Hall–Kier alpha value is -1.61. The topological polar surface area (TPSA) is 198 Å². The van der Waals surface area contributed by atoms with Crippen LogP contribution in [0.4, 0.5) is 9.59 Å². The van der Waals surface area contributed by atoms with Crippen LogP contribution in [0.3, 0.4) is 0 Å². The van der Waals surface area contributed by atoms with Crippen LogP contribution in [0.5, 0.6) is 0 Å². The molecule has 0 aromatic heterocycles. The fraction of sp³-hybridized carbons (Fsp3) is 0.867. The molecule has 0 bridgehead atoms. The fourth-order valence-electron chi connectivity index (χ4n) is 4.39.